The summed E-state index contributed by atoms with van der Waals surface area (Å²) in [5, 5.41) is 0. The summed E-state index contributed by atoms with van der Waals surface area (Å²) < 4.78 is 9.89. The lowest BCUT2D eigenvalue weighted by molar-refractivity contribution is -0.149. The fourth-order valence-electron chi connectivity index (χ4n) is 0.694. The Morgan fingerprint density at radius 1 is 1.46 bits per heavy atom. The van der Waals surface area contributed by atoms with Gasteiger partial charge in [0.2, 0.25) is 0 Å². The van der Waals surface area contributed by atoms with Crippen molar-refractivity contribution in [1.82, 2.24) is 0 Å². The second-order valence-corrected chi connectivity index (χ2v) is 2.70. The van der Waals surface area contributed by atoms with Gasteiger partial charge in [0, 0.05) is 0 Å². The number of hydrogen-bond donors (Lipinski definition) is 0. The van der Waals surface area contributed by atoms with Crippen molar-refractivity contribution in [2.75, 3.05) is 19.8 Å². The summed E-state index contributed by atoms with van der Waals surface area (Å²) >= 11 is 0. The molecule has 0 amide bonds. The van der Waals surface area contributed by atoms with Crippen LogP contribution in [0.3, 0.4) is 0 Å². The van der Waals surface area contributed by atoms with Crippen LogP contribution in [0.15, 0.2) is 12.7 Å². The molecule has 0 aromatic carbocycles. The molecule has 0 fully saturated rings. The van der Waals surface area contributed by atoms with Gasteiger partial charge in [-0.2, -0.15) is 0 Å². The molecular weight excluding hydrogens is 168 g/mol. The lowest BCUT2D eigenvalue weighted by Crippen LogP contribution is -2.13. The zero-order valence-corrected chi connectivity index (χ0v) is 8.25. The van der Waals surface area contributed by atoms with E-state index in [1.54, 1.807) is 6.08 Å². The summed E-state index contributed by atoms with van der Waals surface area (Å²) in [6.07, 6.45) is 4.47. The fraction of sp³-hybridized carbons (Fsp3) is 0.700. The molecule has 0 aromatic heterocycles. The van der Waals surface area contributed by atoms with Crippen LogP contribution in [-0.2, 0) is 14.3 Å². The second-order valence-electron chi connectivity index (χ2n) is 2.70. The van der Waals surface area contributed by atoms with Gasteiger partial charge in [-0.25, -0.2) is 4.79 Å². The van der Waals surface area contributed by atoms with Gasteiger partial charge < -0.3 is 9.47 Å². The van der Waals surface area contributed by atoms with Crippen molar-refractivity contribution in [1.29, 1.82) is 0 Å². The molecule has 0 aliphatic carbocycles. The minimum Gasteiger partial charge on any atom is -0.464 e. The van der Waals surface area contributed by atoms with E-state index in [9.17, 15) is 4.79 Å². The van der Waals surface area contributed by atoms with Crippen molar-refractivity contribution in [3.63, 3.8) is 0 Å². The summed E-state index contributed by atoms with van der Waals surface area (Å²) in [5.74, 6) is -0.280. The van der Waals surface area contributed by atoms with Gasteiger partial charge in [-0.3, -0.25) is 0 Å². The number of carbonyl (C=O) groups excluding carboxylic acids is 1. The summed E-state index contributed by atoms with van der Waals surface area (Å²) in [4.78, 5) is 10.9. The zero-order chi connectivity index (χ0) is 9.94. The lowest BCUT2D eigenvalue weighted by Gasteiger charge is -2.03. The van der Waals surface area contributed by atoms with Crippen LogP contribution < -0.4 is 0 Å². The van der Waals surface area contributed by atoms with Crippen LogP contribution in [-0.4, -0.2) is 25.8 Å². The normalized spacial score (nSPS) is 9.62. The van der Waals surface area contributed by atoms with Gasteiger partial charge >= 0.3 is 5.97 Å². The maximum atomic E-state index is 10.9. The third-order valence-electron chi connectivity index (χ3n) is 1.45. The molecule has 0 unspecified atom stereocenters. The quantitative estimate of drug-likeness (QED) is 0.330. The molecule has 0 heterocycles. The van der Waals surface area contributed by atoms with E-state index in [1.807, 2.05) is 0 Å². The van der Waals surface area contributed by atoms with Crippen LogP contribution in [0.25, 0.3) is 0 Å². The Hall–Kier alpha value is -0.830. The van der Waals surface area contributed by atoms with Crippen LogP contribution in [0.5, 0.6) is 0 Å². The molecule has 0 saturated carbocycles. The van der Waals surface area contributed by atoms with Gasteiger partial charge in [-0.1, -0.05) is 19.4 Å². The van der Waals surface area contributed by atoms with E-state index in [0.29, 0.717) is 13.2 Å². The van der Waals surface area contributed by atoms with Crippen LogP contribution in [0.1, 0.15) is 26.2 Å². The van der Waals surface area contributed by atoms with Crippen molar-refractivity contribution in [2.45, 2.75) is 26.2 Å². The highest BCUT2D eigenvalue weighted by Crippen LogP contribution is 1.90. The second kappa shape index (κ2) is 9.26. The van der Waals surface area contributed by atoms with Crippen molar-refractivity contribution < 1.29 is 14.3 Å². The minimum absolute atomic E-state index is 0.0531. The molecule has 0 aliphatic heterocycles. The first-order chi connectivity index (χ1) is 6.31. The largest absolute Gasteiger partial charge is 0.464 e. The molecule has 0 rings (SSSR count). The standard InChI is InChI=1S/C10H18O3/c1-3-5-7-12-9-10(11)13-8-6-4-2/h3H,1,4-9H2,2H3. The van der Waals surface area contributed by atoms with Gasteiger partial charge in [0.25, 0.3) is 0 Å². The van der Waals surface area contributed by atoms with Crippen molar-refractivity contribution in [2.24, 2.45) is 0 Å². The topological polar surface area (TPSA) is 35.5 Å². The third-order valence-corrected chi connectivity index (χ3v) is 1.45. The zero-order valence-electron chi connectivity index (χ0n) is 8.25. The smallest absolute Gasteiger partial charge is 0.332 e. The average Bonchev–Trinajstić information content (AvgIpc) is 2.13. The third kappa shape index (κ3) is 9.08. The Morgan fingerprint density at radius 3 is 2.85 bits per heavy atom. The Labute approximate surface area is 79.7 Å². The highest BCUT2D eigenvalue weighted by molar-refractivity contribution is 5.70. The highest BCUT2D eigenvalue weighted by atomic mass is 16.6. The van der Waals surface area contributed by atoms with Crippen LogP contribution in [0.2, 0.25) is 0 Å². The van der Waals surface area contributed by atoms with Crippen LogP contribution >= 0.6 is 0 Å². The number of hydrogen-bond acceptors (Lipinski definition) is 3. The molecule has 0 aromatic rings. The Kier molecular flexibility index (Phi) is 8.67. The number of rotatable bonds is 8. The monoisotopic (exact) mass is 186 g/mol. The molecule has 0 spiro atoms. The Bertz CT molecular complexity index is 143. The highest BCUT2D eigenvalue weighted by Gasteiger charge is 2.00. The van der Waals surface area contributed by atoms with Crippen molar-refractivity contribution >= 4 is 5.97 Å². The van der Waals surface area contributed by atoms with E-state index in [1.165, 1.54) is 0 Å². The molecule has 0 atom stereocenters. The van der Waals surface area contributed by atoms with E-state index in [0.717, 1.165) is 19.3 Å². The van der Waals surface area contributed by atoms with Crippen molar-refractivity contribution in [3.8, 4) is 0 Å². The van der Waals surface area contributed by atoms with Gasteiger partial charge in [0.1, 0.15) is 6.61 Å². The summed E-state index contributed by atoms with van der Waals surface area (Å²) in [6, 6.07) is 0. The molecule has 0 bridgehead atoms. The number of carbonyl (C=O) groups is 1. The lowest BCUT2D eigenvalue weighted by atomic mass is 10.4. The Balaban J connectivity index is 3.15. The molecule has 3 nitrogen and oxygen atoms in total. The molecule has 13 heavy (non-hydrogen) atoms. The maximum absolute atomic E-state index is 10.9. The van der Waals surface area contributed by atoms with Gasteiger partial charge in [0.05, 0.1) is 13.2 Å². The van der Waals surface area contributed by atoms with E-state index < -0.39 is 0 Å². The van der Waals surface area contributed by atoms with E-state index in [-0.39, 0.29) is 12.6 Å². The van der Waals surface area contributed by atoms with Crippen LogP contribution in [0, 0.1) is 0 Å². The number of esters is 1. The predicted octanol–water partition coefficient (Wildman–Crippen LogP) is 1.92. The molecular formula is C10H18O3. The molecule has 76 valence electrons. The molecule has 0 aliphatic rings. The van der Waals surface area contributed by atoms with Crippen LogP contribution in [0.4, 0.5) is 0 Å². The summed E-state index contributed by atoms with van der Waals surface area (Å²) in [6.45, 7) is 6.68. The summed E-state index contributed by atoms with van der Waals surface area (Å²) in [5.41, 5.74) is 0. The molecule has 0 radical (unpaired) electrons. The first kappa shape index (κ1) is 12.2. The average molecular weight is 186 g/mol. The van der Waals surface area contributed by atoms with Gasteiger partial charge in [0.15, 0.2) is 0 Å². The predicted molar refractivity (Wildman–Crippen MR) is 51.5 cm³/mol. The number of ether oxygens (including phenoxy) is 2. The fourth-order valence-corrected chi connectivity index (χ4v) is 0.694. The van der Waals surface area contributed by atoms with Gasteiger partial charge in [-0.15, -0.1) is 6.58 Å². The minimum atomic E-state index is -0.280. The Morgan fingerprint density at radius 2 is 2.23 bits per heavy atom. The van der Waals surface area contributed by atoms with E-state index >= 15 is 0 Å². The van der Waals surface area contributed by atoms with E-state index in [2.05, 4.69) is 13.5 Å². The van der Waals surface area contributed by atoms with Crippen molar-refractivity contribution in [3.05, 3.63) is 12.7 Å². The first-order valence-electron chi connectivity index (χ1n) is 4.65. The SMILES string of the molecule is C=CCCOCC(=O)OCCCC. The van der Waals surface area contributed by atoms with E-state index in [4.69, 9.17) is 9.47 Å². The van der Waals surface area contributed by atoms with Gasteiger partial charge in [-0.05, 0) is 12.8 Å². The maximum Gasteiger partial charge on any atom is 0.332 e. The summed E-state index contributed by atoms with van der Waals surface area (Å²) in [7, 11) is 0. The number of unbranched alkanes of at least 4 members (excludes halogenated alkanes) is 1. The molecule has 0 saturated heterocycles. The molecule has 3 heteroatoms. The first-order valence-corrected chi connectivity index (χ1v) is 4.65. The molecule has 0 N–H and O–H groups in total.